The molecule has 1 amide bonds. The highest BCUT2D eigenvalue weighted by atomic mass is 32.2. The Morgan fingerprint density at radius 3 is 2.62 bits per heavy atom. The Morgan fingerprint density at radius 1 is 1.14 bits per heavy atom. The maximum atomic E-state index is 12.5. The van der Waals surface area contributed by atoms with Gasteiger partial charge in [-0.1, -0.05) is 18.2 Å². The minimum Gasteiger partial charge on any atom is -0.448 e. The van der Waals surface area contributed by atoms with E-state index in [1.165, 1.54) is 41.8 Å². The molecule has 1 unspecified atom stereocenters. The Balaban J connectivity index is 1.44. The van der Waals surface area contributed by atoms with Crippen LogP contribution < -0.4 is 10.0 Å². The lowest BCUT2D eigenvalue weighted by molar-refractivity contribution is -0.125. The molecule has 0 fully saturated rings. The zero-order chi connectivity index (χ0) is 20.4. The smallest absolute Gasteiger partial charge is 0.339 e. The molecule has 2 heterocycles. The number of amides is 1. The van der Waals surface area contributed by atoms with Gasteiger partial charge in [-0.15, -0.1) is 11.3 Å². The summed E-state index contributed by atoms with van der Waals surface area (Å²) in [6.45, 7) is 0. The molecule has 0 aliphatic carbocycles. The van der Waals surface area contributed by atoms with Crippen LogP contribution in [-0.4, -0.2) is 31.4 Å². The van der Waals surface area contributed by atoms with Crippen molar-refractivity contribution in [2.24, 2.45) is 0 Å². The van der Waals surface area contributed by atoms with E-state index in [0.29, 0.717) is 11.3 Å². The number of nitrogens with one attached hydrogen (secondary N) is 2. The third kappa shape index (κ3) is 4.13. The van der Waals surface area contributed by atoms with Gasteiger partial charge in [0.25, 0.3) is 15.9 Å². The van der Waals surface area contributed by atoms with E-state index in [2.05, 4.69) is 15.0 Å². The largest absolute Gasteiger partial charge is 0.448 e. The Kier molecular flexibility index (Phi) is 5.03. The number of aromatic nitrogens is 1. The van der Waals surface area contributed by atoms with Crippen LogP contribution in [0.15, 0.2) is 65.0 Å². The Bertz CT molecular complexity index is 1160. The first-order valence-corrected chi connectivity index (χ1v) is 10.9. The lowest BCUT2D eigenvalue weighted by atomic mass is 9.98. The highest BCUT2D eigenvalue weighted by Gasteiger charge is 2.31. The molecular formula is C19H15N3O5S2. The number of carbonyl (C=O) groups excluding carboxylic acids is 2. The lowest BCUT2D eigenvalue weighted by Crippen LogP contribution is -2.37. The van der Waals surface area contributed by atoms with Crippen LogP contribution >= 0.6 is 11.3 Å². The van der Waals surface area contributed by atoms with Crippen molar-refractivity contribution in [3.05, 3.63) is 71.2 Å². The van der Waals surface area contributed by atoms with Crippen molar-refractivity contribution in [2.45, 2.75) is 17.4 Å². The molecule has 10 heteroatoms. The van der Waals surface area contributed by atoms with Gasteiger partial charge in [0.1, 0.15) is 0 Å². The number of carbonyl (C=O) groups is 2. The summed E-state index contributed by atoms with van der Waals surface area (Å²) in [5.41, 5.74) is 1.59. The number of hydrogen-bond donors (Lipinski definition) is 2. The van der Waals surface area contributed by atoms with Gasteiger partial charge in [0.05, 0.1) is 10.5 Å². The first-order chi connectivity index (χ1) is 13.9. The van der Waals surface area contributed by atoms with Crippen LogP contribution in [0.3, 0.4) is 0 Å². The first kappa shape index (κ1) is 19.1. The molecule has 0 bridgehead atoms. The fraction of sp³-hybridized carbons (Fsp3) is 0.105. The molecule has 0 radical (unpaired) electrons. The summed E-state index contributed by atoms with van der Waals surface area (Å²) in [6.07, 6.45) is 0.822. The molecule has 148 valence electrons. The molecule has 1 aliphatic rings. The average molecular weight is 429 g/mol. The summed E-state index contributed by atoms with van der Waals surface area (Å²) in [5, 5.41) is 4.57. The van der Waals surface area contributed by atoms with Gasteiger partial charge in [0.2, 0.25) is 0 Å². The monoisotopic (exact) mass is 429 g/mol. The Labute approximate surface area is 170 Å². The highest BCUT2D eigenvalue weighted by molar-refractivity contribution is 7.93. The molecule has 0 spiro atoms. The van der Waals surface area contributed by atoms with Crippen LogP contribution in [-0.2, 0) is 26.0 Å². The number of thiazole rings is 1. The van der Waals surface area contributed by atoms with Gasteiger partial charge in [0.15, 0.2) is 11.2 Å². The van der Waals surface area contributed by atoms with Crippen molar-refractivity contribution < 1.29 is 22.7 Å². The number of nitrogens with zero attached hydrogens (tertiary/aromatic N) is 1. The summed E-state index contributed by atoms with van der Waals surface area (Å²) >= 11 is 1.17. The van der Waals surface area contributed by atoms with Crippen molar-refractivity contribution in [2.75, 3.05) is 10.0 Å². The number of rotatable bonds is 5. The minimum absolute atomic E-state index is 0.0312. The van der Waals surface area contributed by atoms with E-state index in [4.69, 9.17) is 4.74 Å². The second-order valence-corrected chi connectivity index (χ2v) is 8.79. The van der Waals surface area contributed by atoms with Crippen molar-refractivity contribution in [3.8, 4) is 0 Å². The molecule has 1 aliphatic heterocycles. The van der Waals surface area contributed by atoms with Crippen LogP contribution in [0.25, 0.3) is 0 Å². The van der Waals surface area contributed by atoms with Gasteiger partial charge in [0, 0.05) is 23.7 Å². The van der Waals surface area contributed by atoms with E-state index < -0.39 is 28.0 Å². The SMILES string of the molecule is O=C1OC(C(=O)Nc2ccc(S(=O)(=O)Nc3nccs3)cc2)Cc2ccccc21. The Hall–Kier alpha value is -3.24. The number of ether oxygens (including phenoxy) is 1. The summed E-state index contributed by atoms with van der Waals surface area (Å²) in [4.78, 5) is 28.5. The molecule has 3 aromatic rings. The molecule has 1 aromatic heterocycles. The van der Waals surface area contributed by atoms with Crippen molar-refractivity contribution in [1.29, 1.82) is 0 Å². The molecule has 2 aromatic carbocycles. The molecule has 8 nitrogen and oxygen atoms in total. The van der Waals surface area contributed by atoms with Crippen molar-refractivity contribution in [1.82, 2.24) is 4.98 Å². The van der Waals surface area contributed by atoms with Crippen molar-refractivity contribution >= 4 is 44.1 Å². The first-order valence-electron chi connectivity index (χ1n) is 8.54. The molecule has 29 heavy (non-hydrogen) atoms. The van der Waals surface area contributed by atoms with E-state index in [1.54, 1.807) is 29.6 Å². The summed E-state index contributed by atoms with van der Waals surface area (Å²) in [5.74, 6) is -1.02. The van der Waals surface area contributed by atoms with Crippen LogP contribution in [0.4, 0.5) is 10.8 Å². The third-order valence-electron chi connectivity index (χ3n) is 4.27. The van der Waals surface area contributed by atoms with Gasteiger partial charge >= 0.3 is 5.97 Å². The quantitative estimate of drug-likeness (QED) is 0.603. The van der Waals surface area contributed by atoms with Gasteiger partial charge in [-0.3, -0.25) is 9.52 Å². The van der Waals surface area contributed by atoms with Gasteiger partial charge < -0.3 is 10.1 Å². The van der Waals surface area contributed by atoms with Crippen LogP contribution in [0.2, 0.25) is 0 Å². The third-order valence-corrected chi connectivity index (χ3v) is 6.44. The topological polar surface area (TPSA) is 114 Å². The highest BCUT2D eigenvalue weighted by Crippen LogP contribution is 2.23. The van der Waals surface area contributed by atoms with Gasteiger partial charge in [-0.05, 0) is 35.9 Å². The Morgan fingerprint density at radius 2 is 1.90 bits per heavy atom. The molecular weight excluding hydrogens is 414 g/mol. The normalized spacial score (nSPS) is 15.9. The number of sulfonamides is 1. The zero-order valence-electron chi connectivity index (χ0n) is 14.9. The summed E-state index contributed by atoms with van der Waals surface area (Å²) in [6, 6.07) is 12.6. The maximum Gasteiger partial charge on any atom is 0.339 e. The number of esters is 1. The lowest BCUT2D eigenvalue weighted by Gasteiger charge is -2.23. The molecule has 0 saturated carbocycles. The maximum absolute atomic E-state index is 12.5. The fourth-order valence-electron chi connectivity index (χ4n) is 2.87. The van der Waals surface area contributed by atoms with E-state index >= 15 is 0 Å². The molecule has 4 rings (SSSR count). The summed E-state index contributed by atoms with van der Waals surface area (Å²) in [7, 11) is -3.77. The predicted octanol–water partition coefficient (Wildman–Crippen LogP) is 2.66. The molecule has 0 saturated heterocycles. The van der Waals surface area contributed by atoms with Gasteiger partial charge in [-0.25, -0.2) is 18.2 Å². The predicted molar refractivity (Wildman–Crippen MR) is 107 cm³/mol. The second-order valence-electron chi connectivity index (χ2n) is 6.21. The molecule has 1 atom stereocenters. The average Bonchev–Trinajstić information content (AvgIpc) is 3.20. The van der Waals surface area contributed by atoms with Crippen molar-refractivity contribution in [3.63, 3.8) is 0 Å². The van der Waals surface area contributed by atoms with E-state index in [0.717, 1.165) is 5.56 Å². The number of hydrogen-bond acceptors (Lipinski definition) is 7. The number of benzene rings is 2. The van der Waals surface area contributed by atoms with Crippen LogP contribution in [0, 0.1) is 0 Å². The van der Waals surface area contributed by atoms with Crippen LogP contribution in [0.5, 0.6) is 0 Å². The second kappa shape index (κ2) is 7.64. The van der Waals surface area contributed by atoms with E-state index in [9.17, 15) is 18.0 Å². The standard InChI is InChI=1S/C19H15N3O5S2/c23-17(16-11-12-3-1-2-4-15(12)18(24)27-16)21-13-5-7-14(8-6-13)29(25,26)22-19-20-9-10-28-19/h1-10,16H,11H2,(H,20,22)(H,21,23). The fourth-order valence-corrected chi connectivity index (χ4v) is 4.65. The van der Waals surface area contributed by atoms with Crippen LogP contribution in [0.1, 0.15) is 15.9 Å². The van der Waals surface area contributed by atoms with Gasteiger partial charge in [-0.2, -0.15) is 0 Å². The molecule has 2 N–H and O–H groups in total. The number of cyclic esters (lactones) is 1. The summed E-state index contributed by atoms with van der Waals surface area (Å²) < 4.78 is 32.3. The minimum atomic E-state index is -3.77. The zero-order valence-corrected chi connectivity index (χ0v) is 16.5. The number of anilines is 2. The number of fused-ring (bicyclic) bond motifs is 1. The van der Waals surface area contributed by atoms with E-state index in [1.807, 2.05) is 0 Å². The van der Waals surface area contributed by atoms with E-state index in [-0.39, 0.29) is 16.4 Å².